The van der Waals surface area contributed by atoms with Gasteiger partial charge in [0.05, 0.1) is 17.5 Å². The van der Waals surface area contributed by atoms with E-state index in [1.165, 1.54) is 6.92 Å². The van der Waals surface area contributed by atoms with Gasteiger partial charge in [0.25, 0.3) is 0 Å². The molecule has 1 aliphatic carbocycles. The Hall–Kier alpha value is -0.906. The van der Waals surface area contributed by atoms with Gasteiger partial charge in [-0.3, -0.25) is 9.59 Å². The van der Waals surface area contributed by atoms with E-state index in [0.717, 1.165) is 0 Å². The Morgan fingerprint density at radius 2 is 1.81 bits per heavy atom. The van der Waals surface area contributed by atoms with Crippen LogP contribution in [0.4, 0.5) is 0 Å². The number of thioether (sulfide) groups is 1. The van der Waals surface area contributed by atoms with Gasteiger partial charge in [0, 0.05) is 17.9 Å². The molecule has 3 unspecified atom stereocenters. The number of Topliss-reactive ketones (excluding diaryl/α,β-unsaturated/α-hetero) is 1. The molecule has 3 atom stereocenters. The molecule has 0 aromatic rings. The summed E-state index contributed by atoms with van der Waals surface area (Å²) in [6.45, 7) is 13.7. The molecule has 26 heavy (non-hydrogen) atoms. The van der Waals surface area contributed by atoms with Gasteiger partial charge in [0.1, 0.15) is 14.8 Å². The second-order valence-electron chi connectivity index (χ2n) is 8.83. The van der Waals surface area contributed by atoms with Crippen LogP contribution >= 0.6 is 11.8 Å². The van der Waals surface area contributed by atoms with Crippen molar-refractivity contribution in [1.29, 1.82) is 0 Å². The number of nitrogens with one attached hydrogen (secondary N) is 1. The number of hydrogen-bond acceptors (Lipinski definition) is 7. The average molecular weight is 416 g/mol. The maximum absolute atomic E-state index is 12.8. The quantitative estimate of drug-likeness (QED) is 0.527. The van der Waals surface area contributed by atoms with E-state index in [0.29, 0.717) is 16.9 Å². The molecule has 1 saturated carbocycles. The number of rotatable bonds is 6. The van der Waals surface area contributed by atoms with Crippen LogP contribution in [0.25, 0.3) is 0 Å². The molecule has 6 nitrogen and oxygen atoms in total. The topological polar surface area (TPSA) is 81.7 Å². The molecule has 2 rings (SSSR count). The maximum Gasteiger partial charge on any atom is 0.321 e. The smallest absolute Gasteiger partial charge is 0.321 e. The fourth-order valence-corrected chi connectivity index (χ4v) is 6.65. The van der Waals surface area contributed by atoms with Gasteiger partial charge in [0.2, 0.25) is 8.32 Å². The summed E-state index contributed by atoms with van der Waals surface area (Å²) in [6.07, 6.45) is 0. The van der Waals surface area contributed by atoms with Crippen LogP contribution in [0, 0.1) is 5.92 Å². The summed E-state index contributed by atoms with van der Waals surface area (Å²) in [7, 11) is -3.72. The fraction of sp³-hybridized carbons (Fsp3) is 0.706. The van der Waals surface area contributed by atoms with Crippen molar-refractivity contribution >= 4 is 46.0 Å². The first-order valence-electron chi connectivity index (χ1n) is 8.82. The zero-order valence-electron chi connectivity index (χ0n) is 16.6. The average Bonchev–Trinajstić information content (AvgIpc) is 2.46. The van der Waals surface area contributed by atoms with E-state index in [1.807, 2.05) is 19.6 Å². The fourth-order valence-electron chi connectivity index (χ4n) is 3.12. The first-order valence-corrected chi connectivity index (χ1v) is 16.8. The third-order valence-electron chi connectivity index (χ3n) is 4.07. The number of hydrogen-bond donors (Lipinski definition) is 1. The number of ether oxygens (including phenoxy) is 1. The Kier molecular flexibility index (Phi) is 6.26. The van der Waals surface area contributed by atoms with Crippen molar-refractivity contribution in [1.82, 2.24) is 4.98 Å². The third kappa shape index (κ3) is 5.08. The van der Waals surface area contributed by atoms with E-state index in [9.17, 15) is 14.4 Å². The summed E-state index contributed by atoms with van der Waals surface area (Å²) in [5.41, 5.74) is 1.13. The Balaban J connectivity index is 2.30. The molecule has 0 spiro atoms. The van der Waals surface area contributed by atoms with Crippen molar-refractivity contribution in [3.05, 3.63) is 11.1 Å². The van der Waals surface area contributed by atoms with Gasteiger partial charge < -0.3 is 14.1 Å². The van der Waals surface area contributed by atoms with E-state index in [-0.39, 0.29) is 23.7 Å². The molecule has 1 aliphatic heterocycles. The van der Waals surface area contributed by atoms with E-state index in [2.05, 4.69) is 24.6 Å². The molecule has 9 heteroatoms. The Labute approximate surface area is 161 Å². The highest BCUT2D eigenvalue weighted by Gasteiger charge is 2.56. The van der Waals surface area contributed by atoms with Gasteiger partial charge >= 0.3 is 11.9 Å². The molecule has 146 valence electrons. The van der Waals surface area contributed by atoms with Crippen molar-refractivity contribution in [2.45, 2.75) is 57.5 Å². The molecule has 0 aromatic carbocycles. The predicted octanol–water partition coefficient (Wildman–Crippen LogP) is 2.33. The molecule has 0 saturated heterocycles. The minimum Gasteiger partial charge on any atom is -0.517 e. The molecule has 0 radical (unpaired) electrons. The zero-order chi connectivity index (χ0) is 19.9. The van der Waals surface area contributed by atoms with Gasteiger partial charge in [-0.2, -0.15) is 11.8 Å². The summed E-state index contributed by atoms with van der Waals surface area (Å²) < 4.78 is 10.8. The minimum atomic E-state index is -2.10. The third-order valence-corrected chi connectivity index (χ3v) is 7.49. The van der Waals surface area contributed by atoms with Gasteiger partial charge in [-0.1, -0.05) is 19.6 Å². The number of ketones is 1. The van der Waals surface area contributed by atoms with Crippen molar-refractivity contribution in [3.63, 3.8) is 0 Å². The van der Waals surface area contributed by atoms with Crippen LogP contribution in [0.15, 0.2) is 11.1 Å². The molecule has 0 bridgehead atoms. The number of carbonyl (C=O) groups excluding carboxylic acids is 3. The van der Waals surface area contributed by atoms with Gasteiger partial charge in [0.15, 0.2) is 5.78 Å². The molecule has 0 amide bonds. The van der Waals surface area contributed by atoms with Crippen LogP contribution in [0.3, 0.4) is 0 Å². The molecule has 1 N–H and O–H groups in total. The van der Waals surface area contributed by atoms with Crippen LogP contribution in [0.1, 0.15) is 6.92 Å². The number of esters is 1. The van der Waals surface area contributed by atoms with Crippen LogP contribution in [0.5, 0.6) is 0 Å². The highest BCUT2D eigenvalue weighted by Crippen LogP contribution is 2.46. The second kappa shape index (κ2) is 7.61. The van der Waals surface area contributed by atoms with Crippen LogP contribution in [-0.2, 0) is 23.5 Å². The Morgan fingerprint density at radius 3 is 2.31 bits per heavy atom. The summed E-state index contributed by atoms with van der Waals surface area (Å²) >= 11 is 1.66. The Morgan fingerprint density at radius 1 is 1.19 bits per heavy atom. The van der Waals surface area contributed by atoms with E-state index in [1.54, 1.807) is 11.8 Å². The highest BCUT2D eigenvalue weighted by atomic mass is 32.2. The van der Waals surface area contributed by atoms with E-state index in [4.69, 9.17) is 9.16 Å². The van der Waals surface area contributed by atoms with Crippen LogP contribution < -0.4 is 4.98 Å². The lowest BCUT2D eigenvalue weighted by Gasteiger charge is -2.48. The standard InChI is InChI=1S/C17H29NO5SSi2/c1-10(19)22-8-11-9-24-16-13(12(11)17(21)23-26(5,6)7)15(20)14(16)18-25(2,3)4/h13-14,16,18H,8-9H2,1-7H3. The van der Waals surface area contributed by atoms with Crippen molar-refractivity contribution in [3.8, 4) is 0 Å². The van der Waals surface area contributed by atoms with E-state index >= 15 is 0 Å². The monoisotopic (exact) mass is 415 g/mol. The van der Waals surface area contributed by atoms with E-state index < -0.39 is 34.4 Å². The predicted molar refractivity (Wildman–Crippen MR) is 108 cm³/mol. The molecule has 1 fully saturated rings. The summed E-state index contributed by atoms with van der Waals surface area (Å²) in [5, 5.41) is 0.0412. The molecular formula is C17H29NO5SSi2. The summed E-state index contributed by atoms with van der Waals surface area (Å²) in [4.78, 5) is 40.4. The maximum atomic E-state index is 12.8. The highest BCUT2D eigenvalue weighted by molar-refractivity contribution is 8.00. The molecule has 0 aromatic heterocycles. The van der Waals surface area contributed by atoms with Crippen LogP contribution in [0.2, 0.25) is 39.3 Å². The zero-order valence-corrected chi connectivity index (χ0v) is 19.4. The second-order valence-corrected chi connectivity index (χ2v) is 19.2. The first-order chi connectivity index (χ1) is 11.8. The SMILES string of the molecule is CC(=O)OCC1=C(C(=O)O[Si](C)(C)C)C2C(=O)C(N[Si](C)(C)C)C2SC1. The molecule has 1 heterocycles. The molecular weight excluding hydrogens is 386 g/mol. The van der Waals surface area contributed by atoms with Crippen molar-refractivity contribution in [2.24, 2.45) is 5.92 Å². The van der Waals surface area contributed by atoms with Crippen molar-refractivity contribution in [2.75, 3.05) is 12.4 Å². The van der Waals surface area contributed by atoms with Gasteiger partial charge in [-0.25, -0.2) is 4.79 Å². The normalized spacial score (nSPS) is 26.1. The lowest BCUT2D eigenvalue weighted by Crippen LogP contribution is -2.68. The summed E-state index contributed by atoms with van der Waals surface area (Å²) in [5.74, 6) is -0.659. The van der Waals surface area contributed by atoms with Gasteiger partial charge in [-0.15, -0.1) is 0 Å². The lowest BCUT2D eigenvalue weighted by atomic mass is 9.72. The Bertz CT molecular complexity index is 651. The van der Waals surface area contributed by atoms with Crippen molar-refractivity contribution < 1.29 is 23.5 Å². The number of fused-ring (bicyclic) bond motifs is 1. The minimum absolute atomic E-state index is 0.0412. The first kappa shape index (κ1) is 21.4. The largest absolute Gasteiger partial charge is 0.517 e. The summed E-state index contributed by atoms with van der Waals surface area (Å²) in [6, 6.07) is -0.207. The van der Waals surface area contributed by atoms with Crippen LogP contribution in [-0.4, -0.2) is 57.9 Å². The number of carbonyl (C=O) groups is 3. The molecule has 2 aliphatic rings. The van der Waals surface area contributed by atoms with Gasteiger partial charge in [-0.05, 0) is 25.2 Å². The lowest BCUT2D eigenvalue weighted by molar-refractivity contribution is -0.140.